The number of hydrogen-bond donors (Lipinski definition) is 1. The van der Waals surface area contributed by atoms with Crippen molar-refractivity contribution in [2.24, 2.45) is 5.92 Å². The second kappa shape index (κ2) is 6.33. The molecule has 2 nitrogen and oxygen atoms in total. The molecule has 0 atom stereocenters. The molecule has 0 rings (SSSR count). The zero-order valence-electron chi connectivity index (χ0n) is 5.65. The van der Waals surface area contributed by atoms with E-state index in [0.717, 1.165) is 12.8 Å². The first-order chi connectivity index (χ1) is 3.72. The minimum atomic E-state index is -0.671. The van der Waals surface area contributed by atoms with Crippen LogP contribution in [-0.2, 0) is 27.2 Å². The maximum Gasteiger partial charge on any atom is 0.306 e. The summed E-state index contributed by atoms with van der Waals surface area (Å²) in [5, 5.41) is 8.37. The van der Waals surface area contributed by atoms with E-state index in [1.54, 1.807) is 0 Å². The maximum atomic E-state index is 10.2. The van der Waals surface area contributed by atoms with Crippen molar-refractivity contribution >= 4 is 5.97 Å². The molecular weight excluding hydrogens is 212 g/mol. The molecule has 9 heavy (non-hydrogen) atoms. The van der Waals surface area contributed by atoms with Crippen molar-refractivity contribution in [1.82, 2.24) is 0 Å². The van der Waals surface area contributed by atoms with Gasteiger partial charge in [-0.1, -0.05) is 13.8 Å². The van der Waals surface area contributed by atoms with E-state index in [-0.39, 0.29) is 28.3 Å². The quantitative estimate of drug-likeness (QED) is 0.737. The topological polar surface area (TPSA) is 37.3 Å². The summed E-state index contributed by atoms with van der Waals surface area (Å²) >= 11 is 0. The van der Waals surface area contributed by atoms with Crippen molar-refractivity contribution in [3.8, 4) is 0 Å². The summed E-state index contributed by atoms with van der Waals surface area (Å²) in [6.45, 7) is 3.78. The van der Waals surface area contributed by atoms with Gasteiger partial charge in [-0.05, 0) is 12.8 Å². The first kappa shape index (κ1) is 11.9. The standard InChI is InChI=1S/C6H12O2.Ag/c1-3-5(4-2)6(7)8;/h5H,3-4H2,1-2H3,(H,7,8);. The van der Waals surface area contributed by atoms with Gasteiger partial charge in [0.1, 0.15) is 0 Å². The summed E-state index contributed by atoms with van der Waals surface area (Å²) in [5.74, 6) is -0.801. The fourth-order valence-electron chi connectivity index (χ4n) is 0.638. The Morgan fingerprint density at radius 1 is 1.44 bits per heavy atom. The smallest absolute Gasteiger partial charge is 0.306 e. The Bertz CT molecular complexity index is 79.1. The molecule has 0 saturated heterocycles. The molecular formula is C6H12AgO2. The monoisotopic (exact) mass is 223 g/mol. The van der Waals surface area contributed by atoms with Crippen LogP contribution in [0.3, 0.4) is 0 Å². The molecule has 0 aliphatic heterocycles. The molecule has 0 aliphatic carbocycles. The average molecular weight is 224 g/mol. The Hall–Kier alpha value is 0.210. The Balaban J connectivity index is 0. The van der Waals surface area contributed by atoms with Crippen LogP contribution in [0.25, 0.3) is 0 Å². The summed E-state index contributed by atoms with van der Waals surface area (Å²) in [7, 11) is 0. The molecule has 0 aliphatic rings. The number of hydrogen-bond acceptors (Lipinski definition) is 1. The van der Waals surface area contributed by atoms with Crippen LogP contribution in [0.15, 0.2) is 0 Å². The van der Waals surface area contributed by atoms with Gasteiger partial charge in [-0.25, -0.2) is 0 Å². The molecule has 0 aromatic rings. The molecule has 0 aromatic heterocycles. The van der Waals surface area contributed by atoms with Gasteiger partial charge in [0.2, 0.25) is 0 Å². The molecule has 1 N–H and O–H groups in total. The van der Waals surface area contributed by atoms with E-state index in [9.17, 15) is 4.79 Å². The van der Waals surface area contributed by atoms with Gasteiger partial charge >= 0.3 is 5.97 Å². The van der Waals surface area contributed by atoms with Crippen LogP contribution < -0.4 is 0 Å². The molecule has 0 spiro atoms. The summed E-state index contributed by atoms with van der Waals surface area (Å²) in [5.41, 5.74) is 0. The molecule has 0 fully saturated rings. The third-order valence-electron chi connectivity index (χ3n) is 1.33. The van der Waals surface area contributed by atoms with E-state index in [0.29, 0.717) is 0 Å². The second-order valence-corrected chi connectivity index (χ2v) is 1.85. The van der Waals surface area contributed by atoms with Gasteiger partial charge in [-0.2, -0.15) is 0 Å². The zero-order valence-corrected chi connectivity index (χ0v) is 7.13. The van der Waals surface area contributed by atoms with E-state index in [2.05, 4.69) is 0 Å². The van der Waals surface area contributed by atoms with Gasteiger partial charge < -0.3 is 5.11 Å². The van der Waals surface area contributed by atoms with Gasteiger partial charge in [-0.15, -0.1) is 0 Å². The minimum Gasteiger partial charge on any atom is -0.481 e. The van der Waals surface area contributed by atoms with Gasteiger partial charge in [0, 0.05) is 22.4 Å². The number of carboxylic acids is 1. The average Bonchev–Trinajstić information content (AvgIpc) is 1.69. The molecule has 0 heterocycles. The fourth-order valence-corrected chi connectivity index (χ4v) is 0.638. The molecule has 0 saturated carbocycles. The fraction of sp³-hybridized carbons (Fsp3) is 0.833. The van der Waals surface area contributed by atoms with Crippen molar-refractivity contribution < 1.29 is 32.3 Å². The van der Waals surface area contributed by atoms with Gasteiger partial charge in [0.25, 0.3) is 0 Å². The predicted octanol–water partition coefficient (Wildman–Crippen LogP) is 1.50. The normalized spacial score (nSPS) is 8.78. The van der Waals surface area contributed by atoms with Gasteiger partial charge in [0.15, 0.2) is 0 Å². The zero-order chi connectivity index (χ0) is 6.57. The van der Waals surface area contributed by atoms with Crippen molar-refractivity contribution in [3.05, 3.63) is 0 Å². The first-order valence-corrected chi connectivity index (χ1v) is 2.95. The number of rotatable bonds is 3. The van der Waals surface area contributed by atoms with Crippen LogP contribution in [0, 0.1) is 5.92 Å². The molecule has 1 radical (unpaired) electrons. The van der Waals surface area contributed by atoms with Crippen molar-refractivity contribution in [1.29, 1.82) is 0 Å². The van der Waals surface area contributed by atoms with Crippen LogP contribution in [0.4, 0.5) is 0 Å². The first-order valence-electron chi connectivity index (χ1n) is 2.95. The third kappa shape index (κ3) is 4.70. The second-order valence-electron chi connectivity index (χ2n) is 1.85. The third-order valence-corrected chi connectivity index (χ3v) is 1.33. The molecule has 3 heteroatoms. The Morgan fingerprint density at radius 2 is 1.78 bits per heavy atom. The van der Waals surface area contributed by atoms with E-state index in [1.807, 2.05) is 13.8 Å². The number of carbonyl (C=O) groups is 1. The number of carboxylic acid groups (broad SMARTS) is 1. The van der Waals surface area contributed by atoms with Crippen LogP contribution in [0.5, 0.6) is 0 Å². The molecule has 0 bridgehead atoms. The Labute approximate surface area is 71.2 Å². The van der Waals surface area contributed by atoms with Crippen LogP contribution in [0.1, 0.15) is 26.7 Å². The predicted molar refractivity (Wildman–Crippen MR) is 31.7 cm³/mol. The summed E-state index contributed by atoms with van der Waals surface area (Å²) in [6.07, 6.45) is 1.48. The van der Waals surface area contributed by atoms with Crippen LogP contribution in [-0.4, -0.2) is 11.1 Å². The van der Waals surface area contributed by atoms with Gasteiger partial charge in [-0.3, -0.25) is 4.79 Å². The van der Waals surface area contributed by atoms with Crippen LogP contribution in [0.2, 0.25) is 0 Å². The summed E-state index contributed by atoms with van der Waals surface area (Å²) < 4.78 is 0. The van der Waals surface area contributed by atoms with E-state index >= 15 is 0 Å². The molecule has 0 unspecified atom stereocenters. The van der Waals surface area contributed by atoms with Gasteiger partial charge in [0.05, 0.1) is 5.92 Å². The summed E-state index contributed by atoms with van der Waals surface area (Å²) in [4.78, 5) is 10.2. The Kier molecular flexibility index (Phi) is 8.40. The van der Waals surface area contributed by atoms with Crippen LogP contribution >= 0.6 is 0 Å². The molecule has 0 amide bonds. The number of aliphatic carboxylic acids is 1. The Morgan fingerprint density at radius 3 is 1.78 bits per heavy atom. The van der Waals surface area contributed by atoms with Crippen molar-refractivity contribution in [2.45, 2.75) is 26.7 Å². The molecule has 59 valence electrons. The SMILES string of the molecule is CCC(CC)C(=O)O.[Ag]. The van der Waals surface area contributed by atoms with E-state index in [4.69, 9.17) is 5.11 Å². The largest absolute Gasteiger partial charge is 0.481 e. The molecule has 0 aromatic carbocycles. The van der Waals surface area contributed by atoms with E-state index in [1.165, 1.54) is 0 Å². The van der Waals surface area contributed by atoms with Crippen molar-refractivity contribution in [2.75, 3.05) is 0 Å². The van der Waals surface area contributed by atoms with Crippen molar-refractivity contribution in [3.63, 3.8) is 0 Å². The van der Waals surface area contributed by atoms with E-state index < -0.39 is 5.97 Å². The summed E-state index contributed by atoms with van der Waals surface area (Å²) in [6, 6.07) is 0. The maximum absolute atomic E-state index is 10.2. The minimum absolute atomic E-state index is 0.